The lowest BCUT2D eigenvalue weighted by Gasteiger charge is -2.35. The van der Waals surface area contributed by atoms with E-state index in [1.807, 2.05) is 29.1 Å². The number of rotatable bonds is 3. The van der Waals surface area contributed by atoms with Crippen LogP contribution in [0.2, 0.25) is 0 Å². The van der Waals surface area contributed by atoms with Crippen LogP contribution in [0.3, 0.4) is 0 Å². The number of hydrogen-bond acceptors (Lipinski definition) is 6. The summed E-state index contributed by atoms with van der Waals surface area (Å²) in [5.41, 5.74) is 1.41. The van der Waals surface area contributed by atoms with Crippen molar-refractivity contribution in [2.45, 2.75) is 31.5 Å². The van der Waals surface area contributed by atoms with Crippen molar-refractivity contribution in [3.63, 3.8) is 0 Å². The van der Waals surface area contributed by atoms with Gasteiger partial charge in [0.2, 0.25) is 5.89 Å². The number of nitrogens with zero attached hydrogens (tertiary/aromatic N) is 5. The first-order chi connectivity index (χ1) is 12.3. The molecule has 0 unspecified atom stereocenters. The highest BCUT2D eigenvalue weighted by atomic mass is 16.3. The summed E-state index contributed by atoms with van der Waals surface area (Å²) >= 11 is 0. The summed E-state index contributed by atoms with van der Waals surface area (Å²) in [6.45, 7) is 2.70. The fourth-order valence-electron chi connectivity index (χ4n) is 4.47. The van der Waals surface area contributed by atoms with E-state index in [4.69, 9.17) is 4.42 Å². The molecule has 1 saturated heterocycles. The summed E-state index contributed by atoms with van der Waals surface area (Å²) in [4.78, 5) is 11.1. The van der Waals surface area contributed by atoms with E-state index in [0.29, 0.717) is 24.0 Å². The summed E-state index contributed by atoms with van der Waals surface area (Å²) in [5.74, 6) is 1.83. The van der Waals surface area contributed by atoms with Crippen molar-refractivity contribution >= 4 is 11.2 Å². The molecule has 0 radical (unpaired) electrons. The Morgan fingerprint density at radius 2 is 2.04 bits per heavy atom. The fourth-order valence-corrected chi connectivity index (χ4v) is 4.47. The second-order valence-electron chi connectivity index (χ2n) is 7.24. The van der Waals surface area contributed by atoms with E-state index in [9.17, 15) is 5.11 Å². The Morgan fingerprint density at radius 1 is 1.16 bits per heavy atom. The summed E-state index contributed by atoms with van der Waals surface area (Å²) < 4.78 is 7.72. The highest BCUT2D eigenvalue weighted by molar-refractivity contribution is 5.66. The Balaban J connectivity index is 1.29. The third-order valence-corrected chi connectivity index (χ3v) is 5.62. The Labute approximate surface area is 145 Å². The van der Waals surface area contributed by atoms with Crippen molar-refractivity contribution in [3.8, 4) is 0 Å². The van der Waals surface area contributed by atoms with Gasteiger partial charge in [-0.3, -0.25) is 9.58 Å². The molecule has 3 aromatic rings. The van der Waals surface area contributed by atoms with Gasteiger partial charge in [-0.05, 0) is 42.9 Å². The van der Waals surface area contributed by atoms with E-state index in [0.717, 1.165) is 37.4 Å². The molecule has 4 atom stereocenters. The molecule has 3 aromatic heterocycles. The van der Waals surface area contributed by atoms with Gasteiger partial charge in [-0.15, -0.1) is 0 Å². The third-order valence-electron chi connectivity index (χ3n) is 5.62. The molecule has 5 rings (SSSR count). The first-order valence-corrected chi connectivity index (χ1v) is 8.86. The lowest BCUT2D eigenvalue weighted by molar-refractivity contribution is 0.0306. The van der Waals surface area contributed by atoms with Crippen molar-refractivity contribution < 1.29 is 9.52 Å². The second-order valence-corrected chi connectivity index (χ2v) is 7.24. The SMILES string of the molecule is O[C@@H]1C[C@H]2CN(Cc3nc4ncccc4o3)C[C@H]2C[C@H]1n1cccn1. The first kappa shape index (κ1) is 15.0. The van der Waals surface area contributed by atoms with E-state index in [1.165, 1.54) is 0 Å². The van der Waals surface area contributed by atoms with Gasteiger partial charge in [-0.25, -0.2) is 4.98 Å². The number of fused-ring (bicyclic) bond motifs is 2. The highest BCUT2D eigenvalue weighted by Gasteiger charge is 2.42. The van der Waals surface area contributed by atoms with Crippen LogP contribution in [0.5, 0.6) is 0 Å². The number of oxazole rings is 1. The smallest absolute Gasteiger partial charge is 0.211 e. The van der Waals surface area contributed by atoms with Crippen LogP contribution >= 0.6 is 0 Å². The van der Waals surface area contributed by atoms with E-state index in [2.05, 4.69) is 20.0 Å². The molecule has 1 aliphatic heterocycles. The minimum atomic E-state index is -0.324. The standard InChI is InChI=1S/C18H21N5O2/c24-15-8-13-10-22(9-12(13)7-14(15)23-6-2-5-20-23)11-17-21-18-16(25-17)3-1-4-19-18/h1-6,12-15,24H,7-11H2/t12-,13+,14-,15-/m1/s1. The molecule has 0 spiro atoms. The molecule has 4 heterocycles. The number of aliphatic hydroxyl groups is 1. The zero-order valence-corrected chi connectivity index (χ0v) is 13.9. The molecule has 7 heteroatoms. The van der Waals surface area contributed by atoms with Gasteiger partial charge in [0.25, 0.3) is 0 Å². The summed E-state index contributed by atoms with van der Waals surface area (Å²) in [5, 5.41) is 14.9. The van der Waals surface area contributed by atoms with E-state index >= 15 is 0 Å². The third kappa shape index (κ3) is 2.73. The van der Waals surface area contributed by atoms with Crippen LogP contribution in [0.25, 0.3) is 11.2 Å². The number of likely N-dealkylation sites (tertiary alicyclic amines) is 1. The predicted molar refractivity (Wildman–Crippen MR) is 90.6 cm³/mol. The minimum Gasteiger partial charge on any atom is -0.438 e. The average Bonchev–Trinajstić information content (AvgIpc) is 3.32. The summed E-state index contributed by atoms with van der Waals surface area (Å²) in [7, 11) is 0. The molecule has 0 aromatic carbocycles. The summed E-state index contributed by atoms with van der Waals surface area (Å²) in [6, 6.07) is 5.76. The molecule has 1 saturated carbocycles. The topological polar surface area (TPSA) is 80.2 Å². The van der Waals surface area contributed by atoms with Crippen LogP contribution in [0.1, 0.15) is 24.8 Å². The Kier molecular flexibility index (Phi) is 3.57. The van der Waals surface area contributed by atoms with Crippen LogP contribution < -0.4 is 0 Å². The molecule has 2 fully saturated rings. The van der Waals surface area contributed by atoms with Crippen molar-refractivity contribution in [2.24, 2.45) is 11.8 Å². The van der Waals surface area contributed by atoms with Crippen LogP contribution in [-0.4, -0.2) is 48.9 Å². The fraction of sp³-hybridized carbons (Fsp3) is 0.500. The summed E-state index contributed by atoms with van der Waals surface area (Å²) in [6.07, 6.45) is 6.94. The molecule has 1 N–H and O–H groups in total. The van der Waals surface area contributed by atoms with E-state index in [1.54, 1.807) is 12.4 Å². The van der Waals surface area contributed by atoms with Gasteiger partial charge in [0.15, 0.2) is 11.2 Å². The van der Waals surface area contributed by atoms with Crippen LogP contribution in [-0.2, 0) is 6.54 Å². The Bertz CT molecular complexity index is 828. The molecule has 7 nitrogen and oxygen atoms in total. The van der Waals surface area contributed by atoms with Crippen LogP contribution in [0.15, 0.2) is 41.2 Å². The van der Waals surface area contributed by atoms with Crippen molar-refractivity contribution in [3.05, 3.63) is 42.7 Å². The Morgan fingerprint density at radius 3 is 2.84 bits per heavy atom. The molecule has 0 amide bonds. The van der Waals surface area contributed by atoms with Gasteiger partial charge >= 0.3 is 0 Å². The number of hydrogen-bond donors (Lipinski definition) is 1. The molecular formula is C18H21N5O2. The lowest BCUT2D eigenvalue weighted by atomic mass is 9.77. The molecule has 1 aliphatic carbocycles. The van der Waals surface area contributed by atoms with Gasteiger partial charge in [-0.2, -0.15) is 10.1 Å². The number of pyridine rings is 1. The van der Waals surface area contributed by atoms with Crippen molar-refractivity contribution in [2.75, 3.05) is 13.1 Å². The minimum absolute atomic E-state index is 0.0877. The van der Waals surface area contributed by atoms with Crippen LogP contribution in [0.4, 0.5) is 0 Å². The van der Waals surface area contributed by atoms with Gasteiger partial charge < -0.3 is 9.52 Å². The quantitative estimate of drug-likeness (QED) is 0.784. The first-order valence-electron chi connectivity index (χ1n) is 8.86. The van der Waals surface area contributed by atoms with E-state index < -0.39 is 0 Å². The van der Waals surface area contributed by atoms with Gasteiger partial charge in [0.05, 0.1) is 18.7 Å². The molecule has 130 valence electrons. The largest absolute Gasteiger partial charge is 0.438 e. The second kappa shape index (κ2) is 5.93. The number of aliphatic hydroxyl groups excluding tert-OH is 1. The highest BCUT2D eigenvalue weighted by Crippen LogP contribution is 2.41. The maximum Gasteiger partial charge on any atom is 0.211 e. The van der Waals surface area contributed by atoms with E-state index in [-0.39, 0.29) is 12.1 Å². The number of aromatic nitrogens is 4. The predicted octanol–water partition coefficient (Wildman–Crippen LogP) is 1.86. The maximum atomic E-state index is 10.5. The maximum absolute atomic E-state index is 10.5. The van der Waals surface area contributed by atoms with Gasteiger partial charge in [-0.1, -0.05) is 0 Å². The average molecular weight is 339 g/mol. The molecule has 2 aliphatic rings. The van der Waals surface area contributed by atoms with Crippen molar-refractivity contribution in [1.29, 1.82) is 0 Å². The van der Waals surface area contributed by atoms with Crippen LogP contribution in [0, 0.1) is 11.8 Å². The lowest BCUT2D eigenvalue weighted by Crippen LogP contribution is -2.36. The normalized spacial score (nSPS) is 30.0. The Hall–Kier alpha value is -2.25. The zero-order valence-electron chi connectivity index (χ0n) is 13.9. The zero-order chi connectivity index (χ0) is 16.8. The van der Waals surface area contributed by atoms with Crippen molar-refractivity contribution in [1.82, 2.24) is 24.6 Å². The molecule has 25 heavy (non-hydrogen) atoms. The van der Waals surface area contributed by atoms with Gasteiger partial charge in [0.1, 0.15) is 0 Å². The molecular weight excluding hydrogens is 318 g/mol. The molecule has 0 bridgehead atoms. The monoisotopic (exact) mass is 339 g/mol. The van der Waals surface area contributed by atoms with Gasteiger partial charge in [0, 0.05) is 31.7 Å².